The summed E-state index contributed by atoms with van der Waals surface area (Å²) in [4.78, 5) is 8.79. The first-order chi connectivity index (χ1) is 16.1. The highest BCUT2D eigenvalue weighted by molar-refractivity contribution is 7.76. The zero-order chi connectivity index (χ0) is 24.9. The second-order valence-electron chi connectivity index (χ2n) is 8.00. The first-order valence-corrected chi connectivity index (χ1v) is 11.8. The minimum absolute atomic E-state index is 0.0271. The molecule has 11 heteroatoms. The van der Waals surface area contributed by atoms with Gasteiger partial charge in [0.15, 0.2) is 0 Å². The number of piperazine rings is 1. The molecule has 1 fully saturated rings. The summed E-state index contributed by atoms with van der Waals surface area (Å²) in [7, 11) is 0. The third-order valence-electron chi connectivity index (χ3n) is 5.50. The Morgan fingerprint density at radius 1 is 1.24 bits per heavy atom. The summed E-state index contributed by atoms with van der Waals surface area (Å²) in [6.07, 6.45) is 1.51. The Morgan fingerprint density at radius 2 is 1.94 bits per heavy atom. The van der Waals surface area contributed by atoms with Gasteiger partial charge in [0, 0.05) is 49.1 Å². The molecule has 1 aromatic heterocycles. The zero-order valence-electron chi connectivity index (χ0n) is 18.9. The largest absolute Gasteiger partial charge is 0.760 e. The van der Waals surface area contributed by atoms with Crippen molar-refractivity contribution in [3.8, 4) is 11.3 Å². The van der Waals surface area contributed by atoms with Crippen LogP contribution in [-0.4, -0.2) is 50.9 Å². The molecular formula is C23H27F3N5O2S-. The molecule has 0 radical (unpaired) electrons. The number of rotatable bonds is 3. The van der Waals surface area contributed by atoms with Gasteiger partial charge in [-0.2, -0.15) is 13.2 Å². The summed E-state index contributed by atoms with van der Waals surface area (Å²) in [6.45, 7) is 7.04. The van der Waals surface area contributed by atoms with Crippen molar-refractivity contribution in [3.05, 3.63) is 71.6 Å². The van der Waals surface area contributed by atoms with Crippen LogP contribution in [0, 0.1) is 6.92 Å². The summed E-state index contributed by atoms with van der Waals surface area (Å²) in [5.74, 6) is 1.48. The number of aromatic nitrogens is 1. The third kappa shape index (κ3) is 6.44. The molecule has 0 amide bonds. The highest BCUT2D eigenvalue weighted by Crippen LogP contribution is 2.39. The van der Waals surface area contributed by atoms with E-state index in [-0.39, 0.29) is 5.69 Å². The van der Waals surface area contributed by atoms with Crippen LogP contribution in [-0.2, 0) is 17.4 Å². The van der Waals surface area contributed by atoms with E-state index in [9.17, 15) is 13.2 Å². The summed E-state index contributed by atoms with van der Waals surface area (Å²) in [5, 5.41) is 7.45. The van der Waals surface area contributed by atoms with E-state index in [1.54, 1.807) is 25.1 Å². The number of aryl methyl sites for hydroxylation is 1. The second kappa shape index (κ2) is 11.1. The van der Waals surface area contributed by atoms with E-state index in [1.165, 1.54) is 6.07 Å². The van der Waals surface area contributed by atoms with Crippen LogP contribution in [0.1, 0.15) is 18.1 Å². The van der Waals surface area contributed by atoms with Crippen LogP contribution >= 0.6 is 0 Å². The molecule has 4 rings (SSSR count). The van der Waals surface area contributed by atoms with Crippen molar-refractivity contribution in [2.45, 2.75) is 26.1 Å². The molecule has 0 spiro atoms. The number of hydrogen-bond donors (Lipinski definition) is 2. The number of pyridine rings is 1. The topological polar surface area (TPSA) is 97.6 Å². The van der Waals surface area contributed by atoms with E-state index in [2.05, 4.69) is 27.3 Å². The maximum atomic E-state index is 13.8. The number of nitrogens with one attached hydrogen (secondary N) is 1. The Kier molecular flexibility index (Phi) is 8.47. The maximum Gasteiger partial charge on any atom is 0.418 e. The molecule has 1 unspecified atom stereocenters. The SMILES string of the molecule is Cc1ccccc1-c1nc(N2CC=CC=C2N2CCN[C@H](C)C2)ccc1C(F)(F)F.NS(=O)[O-]. The maximum absolute atomic E-state index is 13.8. The molecule has 2 atom stereocenters. The van der Waals surface area contributed by atoms with Crippen LogP contribution in [0.15, 0.2) is 60.4 Å². The van der Waals surface area contributed by atoms with E-state index >= 15 is 0 Å². The van der Waals surface area contributed by atoms with Crippen molar-refractivity contribution >= 4 is 17.1 Å². The fourth-order valence-electron chi connectivity index (χ4n) is 4.00. The number of halogens is 3. The van der Waals surface area contributed by atoms with Crippen molar-refractivity contribution in [1.82, 2.24) is 15.2 Å². The van der Waals surface area contributed by atoms with Gasteiger partial charge in [0.05, 0.1) is 11.3 Å². The Bertz CT molecular complexity index is 1090. The Balaban J connectivity index is 0.000000751. The number of nitrogens with zero attached hydrogens (tertiary/aromatic N) is 3. The van der Waals surface area contributed by atoms with Crippen LogP contribution in [0.25, 0.3) is 11.3 Å². The van der Waals surface area contributed by atoms with E-state index < -0.39 is 23.0 Å². The van der Waals surface area contributed by atoms with Gasteiger partial charge < -0.3 is 19.7 Å². The average molecular weight is 495 g/mol. The van der Waals surface area contributed by atoms with Crippen molar-refractivity contribution in [3.63, 3.8) is 0 Å². The quantitative estimate of drug-likeness (QED) is 0.636. The van der Waals surface area contributed by atoms with Crippen molar-refractivity contribution in [2.75, 3.05) is 31.1 Å². The first-order valence-electron chi connectivity index (χ1n) is 10.7. The predicted molar refractivity (Wildman–Crippen MR) is 126 cm³/mol. The zero-order valence-corrected chi connectivity index (χ0v) is 19.7. The van der Waals surface area contributed by atoms with E-state index in [0.29, 0.717) is 24.0 Å². The number of allylic oxidation sites excluding steroid dienone is 2. The number of hydrogen-bond acceptors (Lipinski definition) is 6. The van der Waals surface area contributed by atoms with Crippen LogP contribution < -0.4 is 15.4 Å². The highest BCUT2D eigenvalue weighted by Gasteiger charge is 2.35. The van der Waals surface area contributed by atoms with Crippen molar-refractivity contribution in [2.24, 2.45) is 5.14 Å². The fraction of sp³-hybridized carbons (Fsp3) is 0.348. The third-order valence-corrected chi connectivity index (χ3v) is 5.50. The molecule has 0 aliphatic carbocycles. The summed E-state index contributed by atoms with van der Waals surface area (Å²) in [5.41, 5.74) is 0.522. The summed E-state index contributed by atoms with van der Waals surface area (Å²) >= 11 is -2.36. The Labute approximate surface area is 199 Å². The standard InChI is InChI=1S/C23H25F3N4.H3NO2S/c1-16-7-3-4-8-18(16)22-19(23(24,25)26)10-11-20(28-22)30-13-6-5-9-21(30)29-14-12-27-17(2)15-29;1-4(2)3/h3-11,17,27H,12-15H2,1-2H3;1H2,(H,2,3)/p-1/t17-;/m1./s1. The van der Waals surface area contributed by atoms with Crippen molar-refractivity contribution in [1.29, 1.82) is 0 Å². The molecular weight excluding hydrogens is 467 g/mol. The lowest BCUT2D eigenvalue weighted by atomic mass is 10.0. The average Bonchev–Trinajstić information content (AvgIpc) is 2.78. The number of anilines is 1. The summed E-state index contributed by atoms with van der Waals surface area (Å²) in [6, 6.07) is 10.0. The molecule has 1 aromatic carbocycles. The lowest BCUT2D eigenvalue weighted by molar-refractivity contribution is -0.137. The molecule has 2 aliphatic heterocycles. The van der Waals surface area contributed by atoms with Crippen LogP contribution in [0.2, 0.25) is 0 Å². The molecule has 3 heterocycles. The molecule has 2 aliphatic rings. The minimum Gasteiger partial charge on any atom is -0.760 e. The molecule has 34 heavy (non-hydrogen) atoms. The van der Waals surface area contributed by atoms with Gasteiger partial charge in [-0.3, -0.25) is 9.35 Å². The molecule has 184 valence electrons. The molecule has 3 N–H and O–H groups in total. The van der Waals surface area contributed by atoms with E-state index in [0.717, 1.165) is 37.1 Å². The highest BCUT2D eigenvalue weighted by atomic mass is 32.2. The molecule has 2 aromatic rings. The Morgan fingerprint density at radius 3 is 2.59 bits per heavy atom. The van der Waals surface area contributed by atoms with Gasteiger partial charge in [0.25, 0.3) is 0 Å². The molecule has 0 bridgehead atoms. The van der Waals surface area contributed by atoms with Gasteiger partial charge in [0.2, 0.25) is 0 Å². The normalized spacial score (nSPS) is 19.3. The van der Waals surface area contributed by atoms with Crippen LogP contribution in [0.5, 0.6) is 0 Å². The second-order valence-corrected chi connectivity index (χ2v) is 8.52. The van der Waals surface area contributed by atoms with Gasteiger partial charge in [0.1, 0.15) is 11.6 Å². The predicted octanol–water partition coefficient (Wildman–Crippen LogP) is 3.33. The Hall–Kier alpha value is -2.73. The molecule has 1 saturated heterocycles. The summed E-state index contributed by atoms with van der Waals surface area (Å²) < 4.78 is 58.8. The van der Waals surface area contributed by atoms with Crippen molar-refractivity contribution < 1.29 is 21.9 Å². The first kappa shape index (κ1) is 25.9. The van der Waals surface area contributed by atoms with E-state index in [4.69, 9.17) is 8.76 Å². The van der Waals surface area contributed by atoms with Crippen LogP contribution in [0.3, 0.4) is 0 Å². The smallest absolute Gasteiger partial charge is 0.418 e. The number of nitrogens with two attached hydrogens (primary N) is 1. The van der Waals surface area contributed by atoms with Crippen LogP contribution in [0.4, 0.5) is 19.0 Å². The number of benzene rings is 1. The van der Waals surface area contributed by atoms with Gasteiger partial charge in [-0.05, 0) is 37.6 Å². The number of alkyl halides is 3. The fourth-order valence-corrected chi connectivity index (χ4v) is 4.00. The molecule has 0 saturated carbocycles. The van der Waals surface area contributed by atoms with E-state index in [1.807, 2.05) is 29.2 Å². The molecule has 7 nitrogen and oxygen atoms in total. The van der Waals surface area contributed by atoms with Gasteiger partial charge in [-0.25, -0.2) is 4.98 Å². The lowest BCUT2D eigenvalue weighted by Gasteiger charge is -2.40. The minimum atomic E-state index is -4.47. The van der Waals surface area contributed by atoms with Gasteiger partial charge in [-0.15, -0.1) is 0 Å². The van der Waals surface area contributed by atoms with Gasteiger partial charge >= 0.3 is 6.18 Å². The lowest BCUT2D eigenvalue weighted by Crippen LogP contribution is -2.51. The van der Waals surface area contributed by atoms with Gasteiger partial charge in [-0.1, -0.05) is 36.4 Å². The monoisotopic (exact) mass is 494 g/mol.